The molecule has 6 nitrogen and oxygen atoms in total. The highest BCUT2D eigenvalue weighted by molar-refractivity contribution is 5.80. The van der Waals surface area contributed by atoms with Gasteiger partial charge in [0.25, 0.3) is 0 Å². The predicted octanol–water partition coefficient (Wildman–Crippen LogP) is 1.54. The number of ether oxygens (including phenoxy) is 1. The van der Waals surface area contributed by atoms with Crippen LogP contribution in [0.4, 0.5) is 0 Å². The van der Waals surface area contributed by atoms with Crippen molar-refractivity contribution in [3.05, 3.63) is 0 Å². The van der Waals surface area contributed by atoms with Gasteiger partial charge in [-0.3, -0.25) is 9.79 Å². The second-order valence-electron chi connectivity index (χ2n) is 5.68. The van der Waals surface area contributed by atoms with Gasteiger partial charge >= 0.3 is 5.97 Å². The summed E-state index contributed by atoms with van der Waals surface area (Å²) in [5, 5.41) is 15.6. The van der Waals surface area contributed by atoms with E-state index in [0.717, 1.165) is 25.8 Å². The van der Waals surface area contributed by atoms with Crippen molar-refractivity contribution in [3.63, 3.8) is 0 Å². The summed E-state index contributed by atoms with van der Waals surface area (Å²) in [6.07, 6.45) is 2.71. The molecular formula is C16H33N3O3. The first kappa shape index (κ1) is 20.7. The van der Waals surface area contributed by atoms with E-state index >= 15 is 0 Å². The van der Waals surface area contributed by atoms with Gasteiger partial charge in [-0.25, -0.2) is 0 Å². The molecule has 22 heavy (non-hydrogen) atoms. The molecule has 0 amide bonds. The Morgan fingerprint density at radius 3 is 2.36 bits per heavy atom. The molecule has 0 rings (SSSR count). The molecule has 0 aliphatic rings. The number of nitrogens with zero attached hydrogens (tertiary/aromatic N) is 1. The molecule has 0 bridgehead atoms. The SMILES string of the molecule is CCNC(=NCC(CC)(CC)CCO)NCC(C)C(=O)OC. The highest BCUT2D eigenvalue weighted by atomic mass is 16.5. The molecule has 6 heteroatoms. The van der Waals surface area contributed by atoms with Crippen LogP contribution in [0.3, 0.4) is 0 Å². The monoisotopic (exact) mass is 315 g/mol. The van der Waals surface area contributed by atoms with Crippen molar-refractivity contribution >= 4 is 11.9 Å². The van der Waals surface area contributed by atoms with Crippen molar-refractivity contribution < 1.29 is 14.6 Å². The van der Waals surface area contributed by atoms with Crippen molar-refractivity contribution in [3.8, 4) is 0 Å². The fourth-order valence-electron chi connectivity index (χ4n) is 2.27. The molecular weight excluding hydrogens is 282 g/mol. The van der Waals surface area contributed by atoms with Crippen LogP contribution in [-0.2, 0) is 9.53 Å². The van der Waals surface area contributed by atoms with Gasteiger partial charge in [-0.2, -0.15) is 0 Å². The number of hydrogen-bond donors (Lipinski definition) is 3. The lowest BCUT2D eigenvalue weighted by Crippen LogP contribution is -2.41. The molecule has 0 aromatic carbocycles. The van der Waals surface area contributed by atoms with Crippen LogP contribution in [0.15, 0.2) is 4.99 Å². The van der Waals surface area contributed by atoms with Crippen LogP contribution in [0.2, 0.25) is 0 Å². The van der Waals surface area contributed by atoms with Crippen LogP contribution >= 0.6 is 0 Å². The molecule has 0 saturated carbocycles. The summed E-state index contributed by atoms with van der Waals surface area (Å²) in [6.45, 7) is 10.2. The van der Waals surface area contributed by atoms with Crippen molar-refractivity contribution in [2.45, 2.75) is 47.0 Å². The van der Waals surface area contributed by atoms with Crippen LogP contribution in [-0.4, -0.2) is 50.4 Å². The third-order valence-corrected chi connectivity index (χ3v) is 4.24. The Morgan fingerprint density at radius 2 is 1.91 bits per heavy atom. The van der Waals surface area contributed by atoms with E-state index in [1.165, 1.54) is 7.11 Å². The van der Waals surface area contributed by atoms with Gasteiger partial charge in [0.15, 0.2) is 5.96 Å². The maximum absolute atomic E-state index is 11.4. The van der Waals surface area contributed by atoms with Gasteiger partial charge in [-0.1, -0.05) is 20.8 Å². The first-order chi connectivity index (χ1) is 10.5. The average molecular weight is 315 g/mol. The first-order valence-corrected chi connectivity index (χ1v) is 8.19. The highest BCUT2D eigenvalue weighted by Gasteiger charge is 2.25. The topological polar surface area (TPSA) is 83.0 Å². The zero-order chi connectivity index (χ0) is 17.0. The van der Waals surface area contributed by atoms with Gasteiger partial charge in [0.1, 0.15) is 0 Å². The summed E-state index contributed by atoms with van der Waals surface area (Å²) in [4.78, 5) is 16.1. The van der Waals surface area contributed by atoms with E-state index in [9.17, 15) is 9.90 Å². The third-order valence-electron chi connectivity index (χ3n) is 4.24. The van der Waals surface area contributed by atoms with E-state index in [-0.39, 0.29) is 23.9 Å². The van der Waals surface area contributed by atoms with E-state index in [2.05, 4.69) is 29.5 Å². The zero-order valence-electron chi connectivity index (χ0n) is 14.7. The average Bonchev–Trinajstić information content (AvgIpc) is 2.55. The summed E-state index contributed by atoms with van der Waals surface area (Å²) < 4.78 is 4.72. The number of hydrogen-bond acceptors (Lipinski definition) is 4. The number of aliphatic hydroxyl groups is 1. The summed E-state index contributed by atoms with van der Waals surface area (Å²) in [7, 11) is 1.39. The summed E-state index contributed by atoms with van der Waals surface area (Å²) in [5.74, 6) is 0.232. The predicted molar refractivity (Wildman–Crippen MR) is 89.9 cm³/mol. The normalized spacial score (nSPS) is 13.6. The lowest BCUT2D eigenvalue weighted by molar-refractivity contribution is -0.144. The number of carbonyl (C=O) groups is 1. The summed E-state index contributed by atoms with van der Waals surface area (Å²) >= 11 is 0. The molecule has 0 spiro atoms. The Labute approximate surface area is 134 Å². The maximum Gasteiger partial charge on any atom is 0.310 e. The number of nitrogens with one attached hydrogen (secondary N) is 2. The Hall–Kier alpha value is -1.30. The number of aliphatic hydroxyl groups excluding tert-OH is 1. The molecule has 0 radical (unpaired) electrons. The number of rotatable bonds is 10. The fourth-order valence-corrected chi connectivity index (χ4v) is 2.27. The van der Waals surface area contributed by atoms with Crippen LogP contribution in [0.5, 0.6) is 0 Å². The number of guanidine groups is 1. The molecule has 130 valence electrons. The van der Waals surface area contributed by atoms with E-state index in [0.29, 0.717) is 19.0 Å². The lowest BCUT2D eigenvalue weighted by Gasteiger charge is -2.29. The van der Waals surface area contributed by atoms with Crippen molar-refractivity contribution in [1.82, 2.24) is 10.6 Å². The minimum atomic E-state index is -0.236. The first-order valence-electron chi connectivity index (χ1n) is 8.19. The molecule has 0 aliphatic carbocycles. The third kappa shape index (κ3) is 7.11. The Morgan fingerprint density at radius 1 is 1.27 bits per heavy atom. The maximum atomic E-state index is 11.4. The molecule has 3 N–H and O–H groups in total. The van der Waals surface area contributed by atoms with Gasteiger partial charge in [0.05, 0.1) is 13.0 Å². The van der Waals surface area contributed by atoms with E-state index in [4.69, 9.17) is 4.74 Å². The van der Waals surface area contributed by atoms with Gasteiger partial charge in [0.2, 0.25) is 0 Å². The lowest BCUT2D eigenvalue weighted by atomic mass is 9.79. The largest absolute Gasteiger partial charge is 0.469 e. The van der Waals surface area contributed by atoms with E-state index < -0.39 is 0 Å². The molecule has 0 heterocycles. The zero-order valence-corrected chi connectivity index (χ0v) is 14.7. The number of esters is 1. The highest BCUT2D eigenvalue weighted by Crippen LogP contribution is 2.30. The molecule has 0 aromatic rings. The van der Waals surface area contributed by atoms with Crippen molar-refractivity contribution in [2.24, 2.45) is 16.3 Å². The van der Waals surface area contributed by atoms with Crippen LogP contribution < -0.4 is 10.6 Å². The molecule has 0 aliphatic heterocycles. The molecule has 1 unspecified atom stereocenters. The van der Waals surface area contributed by atoms with Gasteiger partial charge in [-0.05, 0) is 31.6 Å². The van der Waals surface area contributed by atoms with Crippen LogP contribution in [0.25, 0.3) is 0 Å². The fraction of sp³-hybridized carbons (Fsp3) is 0.875. The number of carbonyl (C=O) groups excluding carboxylic acids is 1. The molecule has 1 atom stereocenters. The van der Waals surface area contributed by atoms with Gasteiger partial charge in [-0.15, -0.1) is 0 Å². The van der Waals surface area contributed by atoms with Crippen LogP contribution in [0, 0.1) is 11.3 Å². The number of aliphatic imine (C=N–C) groups is 1. The Balaban J connectivity index is 4.74. The second-order valence-corrected chi connectivity index (χ2v) is 5.68. The quantitative estimate of drug-likeness (QED) is 0.324. The minimum absolute atomic E-state index is 0.0328. The van der Waals surface area contributed by atoms with E-state index in [1.54, 1.807) is 0 Å². The smallest absolute Gasteiger partial charge is 0.310 e. The Kier molecular flexibility index (Phi) is 10.6. The standard InChI is InChI=1S/C16H33N3O3/c1-6-16(7-2,9-10-20)12-19-15(17-8-3)18-11-13(4)14(21)22-5/h13,20H,6-12H2,1-5H3,(H2,17,18,19). The molecule has 0 aromatic heterocycles. The minimum Gasteiger partial charge on any atom is -0.469 e. The van der Waals surface area contributed by atoms with Crippen molar-refractivity contribution in [1.29, 1.82) is 0 Å². The Bertz CT molecular complexity index is 342. The molecule has 0 saturated heterocycles. The summed E-state index contributed by atoms with van der Waals surface area (Å²) in [6, 6.07) is 0. The number of methoxy groups -OCH3 is 1. The van der Waals surface area contributed by atoms with Gasteiger partial charge < -0.3 is 20.5 Å². The molecule has 0 fully saturated rings. The van der Waals surface area contributed by atoms with E-state index in [1.807, 2.05) is 13.8 Å². The van der Waals surface area contributed by atoms with Crippen LogP contribution in [0.1, 0.15) is 47.0 Å². The van der Waals surface area contributed by atoms with Crippen molar-refractivity contribution in [2.75, 3.05) is 33.4 Å². The second kappa shape index (κ2) is 11.3. The van der Waals surface area contributed by atoms with Gasteiger partial charge in [0, 0.05) is 26.2 Å². The summed E-state index contributed by atoms with van der Waals surface area (Å²) in [5.41, 5.74) is 0.0328.